The van der Waals surface area contributed by atoms with Gasteiger partial charge in [-0.1, -0.05) is 22.0 Å². The molecule has 0 amide bonds. The first kappa shape index (κ1) is 15.6. The Morgan fingerprint density at radius 1 is 0.960 bits per heavy atom. The lowest BCUT2D eigenvalue weighted by atomic mass is 10.2. The van der Waals surface area contributed by atoms with Crippen molar-refractivity contribution in [3.05, 3.63) is 71.4 Å². The number of hydrogen-bond acceptors (Lipinski definition) is 6. The summed E-state index contributed by atoms with van der Waals surface area (Å²) < 4.78 is 0.958. The van der Waals surface area contributed by atoms with Crippen molar-refractivity contribution in [3.8, 4) is 11.5 Å². The summed E-state index contributed by atoms with van der Waals surface area (Å²) in [6, 6.07) is 11.7. The number of anilines is 1. The lowest BCUT2D eigenvalue weighted by Gasteiger charge is -2.10. The second-order valence-corrected chi connectivity index (χ2v) is 6.24. The van der Waals surface area contributed by atoms with Crippen LogP contribution in [0, 0.1) is 0 Å². The van der Waals surface area contributed by atoms with Crippen LogP contribution in [0.5, 0.6) is 0 Å². The Kier molecular flexibility index (Phi) is 4.30. The highest BCUT2D eigenvalue weighted by Gasteiger charge is 2.11. The molecule has 0 spiro atoms. The lowest BCUT2D eigenvalue weighted by Crippen LogP contribution is -2.05. The zero-order valence-electron chi connectivity index (χ0n) is 13.1. The molecule has 1 aromatic carbocycles. The van der Waals surface area contributed by atoms with Gasteiger partial charge in [0.2, 0.25) is 0 Å². The Labute approximate surface area is 152 Å². The molecule has 0 atom stereocenters. The van der Waals surface area contributed by atoms with Crippen LogP contribution in [0.3, 0.4) is 0 Å². The van der Waals surface area contributed by atoms with E-state index in [4.69, 9.17) is 0 Å². The number of rotatable bonds is 4. The summed E-state index contributed by atoms with van der Waals surface area (Å²) in [6.07, 6.45) is 6.69. The molecule has 0 saturated heterocycles. The second kappa shape index (κ2) is 6.90. The van der Waals surface area contributed by atoms with E-state index in [1.54, 1.807) is 24.8 Å². The van der Waals surface area contributed by atoms with E-state index in [9.17, 15) is 0 Å². The van der Waals surface area contributed by atoms with Crippen LogP contribution in [0.2, 0.25) is 0 Å². The largest absolute Gasteiger partial charge is 0.364 e. The third kappa shape index (κ3) is 3.46. The highest BCUT2D eigenvalue weighted by Crippen LogP contribution is 2.26. The molecular weight excluding hydrogens is 380 g/mol. The maximum atomic E-state index is 4.65. The SMILES string of the molecule is Brc1ccc2c(NCc3ccccn3)nc(-c3cnccn3)nc2c1. The first-order valence-electron chi connectivity index (χ1n) is 7.67. The van der Waals surface area contributed by atoms with Crippen molar-refractivity contribution in [1.82, 2.24) is 24.9 Å². The zero-order valence-corrected chi connectivity index (χ0v) is 14.7. The van der Waals surface area contributed by atoms with Crippen LogP contribution in [0.4, 0.5) is 5.82 Å². The van der Waals surface area contributed by atoms with E-state index in [1.165, 1.54) is 0 Å². The number of halogens is 1. The van der Waals surface area contributed by atoms with Gasteiger partial charge in [-0.05, 0) is 30.3 Å². The zero-order chi connectivity index (χ0) is 17.1. The van der Waals surface area contributed by atoms with E-state index in [0.29, 0.717) is 18.1 Å². The molecule has 4 aromatic rings. The van der Waals surface area contributed by atoms with Gasteiger partial charge in [-0.15, -0.1) is 0 Å². The number of benzene rings is 1. The Hall–Kier alpha value is -2.93. The van der Waals surface area contributed by atoms with Crippen LogP contribution in [-0.4, -0.2) is 24.9 Å². The molecule has 122 valence electrons. The van der Waals surface area contributed by atoms with E-state index in [2.05, 4.69) is 46.2 Å². The van der Waals surface area contributed by atoms with Gasteiger partial charge in [0.25, 0.3) is 0 Å². The Bertz CT molecular complexity index is 1010. The number of nitrogens with one attached hydrogen (secondary N) is 1. The minimum atomic E-state index is 0.530. The summed E-state index contributed by atoms with van der Waals surface area (Å²) >= 11 is 3.49. The summed E-state index contributed by atoms with van der Waals surface area (Å²) in [5, 5.41) is 4.29. The molecule has 0 radical (unpaired) electrons. The highest BCUT2D eigenvalue weighted by atomic mass is 79.9. The quantitative estimate of drug-likeness (QED) is 0.568. The molecule has 6 nitrogen and oxygen atoms in total. The first-order valence-corrected chi connectivity index (χ1v) is 8.46. The van der Waals surface area contributed by atoms with Crippen molar-refractivity contribution in [2.24, 2.45) is 0 Å². The fourth-order valence-electron chi connectivity index (χ4n) is 2.44. The van der Waals surface area contributed by atoms with Crippen molar-refractivity contribution in [1.29, 1.82) is 0 Å². The van der Waals surface area contributed by atoms with E-state index < -0.39 is 0 Å². The summed E-state index contributed by atoms with van der Waals surface area (Å²) in [7, 11) is 0. The third-order valence-corrected chi connectivity index (χ3v) is 4.11. The summed E-state index contributed by atoms with van der Waals surface area (Å²) in [5.41, 5.74) is 2.39. The standard InChI is InChI=1S/C18H13BrN6/c19-12-4-5-14-15(9-12)24-18(16-11-20-7-8-22-16)25-17(14)23-10-13-3-1-2-6-21-13/h1-9,11H,10H2,(H,23,24,25). The number of aromatic nitrogens is 5. The Morgan fingerprint density at radius 3 is 2.72 bits per heavy atom. The summed E-state index contributed by atoms with van der Waals surface area (Å²) in [4.78, 5) is 22.0. The monoisotopic (exact) mass is 392 g/mol. The molecule has 0 aliphatic carbocycles. The normalized spacial score (nSPS) is 10.8. The molecule has 0 saturated carbocycles. The summed E-state index contributed by atoms with van der Waals surface area (Å²) in [6.45, 7) is 0.572. The van der Waals surface area contributed by atoms with Crippen molar-refractivity contribution in [3.63, 3.8) is 0 Å². The molecule has 0 aliphatic rings. The van der Waals surface area contributed by atoms with Gasteiger partial charge in [0.15, 0.2) is 5.82 Å². The molecular formula is C18H13BrN6. The molecule has 3 aromatic heterocycles. The van der Waals surface area contributed by atoms with Gasteiger partial charge in [0, 0.05) is 28.4 Å². The third-order valence-electron chi connectivity index (χ3n) is 3.61. The lowest BCUT2D eigenvalue weighted by molar-refractivity contribution is 1.03. The van der Waals surface area contributed by atoms with Crippen molar-refractivity contribution in [2.45, 2.75) is 6.54 Å². The smallest absolute Gasteiger partial charge is 0.182 e. The Morgan fingerprint density at radius 2 is 1.92 bits per heavy atom. The maximum absolute atomic E-state index is 4.65. The molecule has 3 heterocycles. The van der Waals surface area contributed by atoms with E-state index in [-0.39, 0.29) is 0 Å². The first-order chi connectivity index (χ1) is 12.3. The van der Waals surface area contributed by atoms with E-state index in [1.807, 2.05) is 36.4 Å². The van der Waals surface area contributed by atoms with Crippen molar-refractivity contribution < 1.29 is 0 Å². The predicted molar refractivity (Wildman–Crippen MR) is 99.8 cm³/mol. The fraction of sp³-hybridized carbons (Fsp3) is 0.0556. The van der Waals surface area contributed by atoms with Gasteiger partial charge in [0.1, 0.15) is 11.5 Å². The molecule has 7 heteroatoms. The minimum absolute atomic E-state index is 0.530. The highest BCUT2D eigenvalue weighted by molar-refractivity contribution is 9.10. The van der Waals surface area contributed by atoms with Crippen molar-refractivity contribution >= 4 is 32.7 Å². The second-order valence-electron chi connectivity index (χ2n) is 5.32. The van der Waals surface area contributed by atoms with E-state index in [0.717, 1.165) is 26.9 Å². The molecule has 0 unspecified atom stereocenters. The van der Waals surface area contributed by atoms with Gasteiger partial charge in [-0.3, -0.25) is 9.97 Å². The average molecular weight is 393 g/mol. The van der Waals surface area contributed by atoms with Gasteiger partial charge in [0.05, 0.1) is 24.0 Å². The number of hydrogen-bond donors (Lipinski definition) is 1. The van der Waals surface area contributed by atoms with Crippen LogP contribution in [0.15, 0.2) is 65.7 Å². The average Bonchev–Trinajstić information content (AvgIpc) is 2.67. The molecule has 0 fully saturated rings. The number of pyridine rings is 1. The van der Waals surface area contributed by atoms with Crippen LogP contribution < -0.4 is 5.32 Å². The van der Waals surface area contributed by atoms with Gasteiger partial charge >= 0.3 is 0 Å². The molecule has 0 bridgehead atoms. The minimum Gasteiger partial charge on any atom is -0.364 e. The number of fused-ring (bicyclic) bond motifs is 1. The number of nitrogens with zero attached hydrogens (tertiary/aromatic N) is 5. The van der Waals surface area contributed by atoms with Gasteiger partial charge in [-0.25, -0.2) is 15.0 Å². The van der Waals surface area contributed by atoms with E-state index >= 15 is 0 Å². The van der Waals surface area contributed by atoms with Crippen molar-refractivity contribution in [2.75, 3.05) is 5.32 Å². The van der Waals surface area contributed by atoms with Crippen LogP contribution >= 0.6 is 15.9 Å². The predicted octanol–water partition coefficient (Wildman–Crippen LogP) is 3.86. The maximum Gasteiger partial charge on any atom is 0.182 e. The molecule has 4 rings (SSSR count). The topological polar surface area (TPSA) is 76.5 Å². The molecule has 1 N–H and O–H groups in total. The van der Waals surface area contributed by atoms with Gasteiger partial charge < -0.3 is 5.32 Å². The van der Waals surface area contributed by atoms with Crippen LogP contribution in [-0.2, 0) is 6.54 Å². The van der Waals surface area contributed by atoms with Crippen LogP contribution in [0.1, 0.15) is 5.69 Å². The molecule has 25 heavy (non-hydrogen) atoms. The van der Waals surface area contributed by atoms with Gasteiger partial charge in [-0.2, -0.15) is 0 Å². The Balaban J connectivity index is 1.78. The molecule has 0 aliphatic heterocycles. The fourth-order valence-corrected chi connectivity index (χ4v) is 2.79. The summed E-state index contributed by atoms with van der Waals surface area (Å²) in [5.74, 6) is 1.27. The van der Waals surface area contributed by atoms with Crippen LogP contribution in [0.25, 0.3) is 22.4 Å².